The summed E-state index contributed by atoms with van der Waals surface area (Å²) in [5, 5.41) is 20.3. The van der Waals surface area contributed by atoms with Gasteiger partial charge in [-0.1, -0.05) is 69.6 Å². The summed E-state index contributed by atoms with van der Waals surface area (Å²) in [6.07, 6.45) is 1.28. The van der Waals surface area contributed by atoms with E-state index in [1.807, 2.05) is 13.8 Å². The maximum atomic E-state index is 13.6. The number of hydrogen-bond donors (Lipinski definition) is 2. The summed E-state index contributed by atoms with van der Waals surface area (Å²) in [5.41, 5.74) is 0.613. The summed E-state index contributed by atoms with van der Waals surface area (Å²) >= 11 is 40.2. The quantitative estimate of drug-likeness (QED) is 0.0974. The highest BCUT2D eigenvalue weighted by Gasteiger charge is 2.34. The predicted molar refractivity (Wildman–Crippen MR) is 263 cm³/mol. The monoisotopic (exact) mass is 1070 g/mol. The minimum absolute atomic E-state index is 0.0408. The van der Waals surface area contributed by atoms with Crippen molar-refractivity contribution >= 4 is 136 Å². The zero-order chi connectivity index (χ0) is 46.9. The molecule has 2 N–H and O–H groups in total. The number of halogens is 6. The number of nitrogens with zero attached hydrogens (tertiary/aromatic N) is 4. The third kappa shape index (κ3) is 14.3. The summed E-state index contributed by atoms with van der Waals surface area (Å²) in [6.45, 7) is 6.20. The second-order valence-electron chi connectivity index (χ2n) is 15.2. The van der Waals surface area contributed by atoms with E-state index >= 15 is 0 Å². The minimum atomic E-state index is -3.95. The molecular weight excluding hydrogens is 1030 g/mol. The van der Waals surface area contributed by atoms with Gasteiger partial charge in [0, 0.05) is 80.6 Å². The minimum Gasteiger partial charge on any atom is -0.481 e. The van der Waals surface area contributed by atoms with Crippen LogP contribution in [0.5, 0.6) is 0 Å². The van der Waals surface area contributed by atoms with Crippen molar-refractivity contribution in [1.82, 2.24) is 9.80 Å². The van der Waals surface area contributed by atoms with Crippen LogP contribution in [0.1, 0.15) is 39.5 Å². The van der Waals surface area contributed by atoms with Gasteiger partial charge < -0.3 is 10.2 Å². The topological polar surface area (TPSA) is 156 Å². The second kappa shape index (κ2) is 23.6. The highest BCUT2D eigenvalue weighted by Crippen LogP contribution is 2.38. The Morgan fingerprint density at radius 2 is 0.922 bits per heavy atom. The Labute approximate surface area is 413 Å². The number of carbonyl (C=O) groups is 2. The first-order valence-electron chi connectivity index (χ1n) is 19.8. The first kappa shape index (κ1) is 52.6. The molecule has 0 spiro atoms. The van der Waals surface area contributed by atoms with Gasteiger partial charge in [0.05, 0.1) is 44.1 Å². The lowest BCUT2D eigenvalue weighted by molar-refractivity contribution is -0.138. The summed E-state index contributed by atoms with van der Waals surface area (Å²) < 4.78 is 57.1. The molecule has 2 saturated heterocycles. The Balaban J connectivity index is 0.000000241. The van der Waals surface area contributed by atoms with Gasteiger partial charge in [0.2, 0.25) is 0 Å². The lowest BCUT2D eigenvalue weighted by atomic mass is 10.2. The standard InChI is InChI=1S/2C21H23Cl3N2O4S2/c2*1-14(8-9-25-12-17(31-13-25)11-21(27)28)26(20-10-16(23)4-7-19(20)24)32(29,30)18-5-2-15(22)3-6-18/h2*2-7,10,14,17H,8-9,11-13H2,1H3,(H,27,28)/t2*14-,17?/m11/s1. The van der Waals surface area contributed by atoms with Crippen LogP contribution in [0, 0.1) is 0 Å². The van der Waals surface area contributed by atoms with Gasteiger partial charge in [-0.05, 0) is 112 Å². The van der Waals surface area contributed by atoms with Crippen molar-refractivity contribution in [3.63, 3.8) is 0 Å². The van der Waals surface area contributed by atoms with E-state index in [1.165, 1.54) is 57.1 Å². The van der Waals surface area contributed by atoms with E-state index < -0.39 is 44.1 Å². The molecule has 6 rings (SSSR count). The third-order valence-corrected chi connectivity index (χ3v) is 18.4. The zero-order valence-electron chi connectivity index (χ0n) is 34.5. The molecule has 0 aliphatic carbocycles. The Bertz CT molecular complexity index is 2310. The molecule has 348 valence electrons. The van der Waals surface area contributed by atoms with Crippen molar-refractivity contribution in [1.29, 1.82) is 0 Å². The van der Waals surface area contributed by atoms with E-state index in [9.17, 15) is 26.4 Å². The Morgan fingerprint density at radius 3 is 1.25 bits per heavy atom. The van der Waals surface area contributed by atoms with Gasteiger partial charge in [-0.25, -0.2) is 16.8 Å². The second-order valence-corrected chi connectivity index (χ2v) is 23.9. The van der Waals surface area contributed by atoms with Crippen LogP contribution in [0.3, 0.4) is 0 Å². The van der Waals surface area contributed by atoms with Gasteiger partial charge >= 0.3 is 11.9 Å². The average Bonchev–Trinajstić information content (AvgIpc) is 3.87. The summed E-state index contributed by atoms with van der Waals surface area (Å²) in [6, 6.07) is 20.5. The van der Waals surface area contributed by atoms with E-state index in [0.29, 0.717) is 82.2 Å². The number of carboxylic acid groups (broad SMARTS) is 2. The normalized spacial score (nSPS) is 17.9. The molecule has 0 amide bonds. The van der Waals surface area contributed by atoms with Crippen molar-refractivity contribution in [2.45, 2.75) is 71.9 Å². The van der Waals surface area contributed by atoms with Crippen LogP contribution in [-0.2, 0) is 29.6 Å². The van der Waals surface area contributed by atoms with Crippen LogP contribution in [-0.4, -0.2) is 109 Å². The van der Waals surface area contributed by atoms with Gasteiger partial charge in [-0.2, -0.15) is 0 Å². The van der Waals surface area contributed by atoms with Gasteiger partial charge in [0.25, 0.3) is 20.0 Å². The third-order valence-electron chi connectivity index (χ3n) is 10.3. The van der Waals surface area contributed by atoms with Gasteiger partial charge in [0.15, 0.2) is 0 Å². The van der Waals surface area contributed by atoms with Crippen LogP contribution in [0.25, 0.3) is 0 Å². The molecule has 4 atom stereocenters. The molecular formula is C42H46Cl6N4O8S4. The van der Waals surface area contributed by atoms with E-state index in [-0.39, 0.29) is 43.2 Å². The van der Waals surface area contributed by atoms with Gasteiger partial charge in [-0.3, -0.25) is 28.0 Å². The molecule has 2 fully saturated rings. The fourth-order valence-corrected chi connectivity index (χ4v) is 14.0. The highest BCUT2D eigenvalue weighted by molar-refractivity contribution is 8.00. The molecule has 64 heavy (non-hydrogen) atoms. The van der Waals surface area contributed by atoms with Crippen molar-refractivity contribution in [2.75, 3.05) is 46.5 Å². The zero-order valence-corrected chi connectivity index (χ0v) is 42.3. The number of rotatable bonds is 18. The van der Waals surface area contributed by atoms with Crippen molar-refractivity contribution < 1.29 is 36.6 Å². The summed E-state index contributed by atoms with van der Waals surface area (Å²) in [5.74, 6) is -0.193. The molecule has 0 aromatic heterocycles. The largest absolute Gasteiger partial charge is 0.481 e. The lowest BCUT2D eigenvalue weighted by Gasteiger charge is -2.32. The Morgan fingerprint density at radius 1 is 0.594 bits per heavy atom. The van der Waals surface area contributed by atoms with E-state index in [2.05, 4.69) is 9.80 Å². The number of carboxylic acids is 2. The number of thioether (sulfide) groups is 2. The fourth-order valence-electron chi connectivity index (χ4n) is 7.09. The molecule has 2 aliphatic heterocycles. The van der Waals surface area contributed by atoms with E-state index in [0.717, 1.165) is 0 Å². The Hall–Kier alpha value is -2.32. The number of aliphatic carboxylic acids is 2. The summed E-state index contributed by atoms with van der Waals surface area (Å²) in [4.78, 5) is 26.4. The molecule has 2 aliphatic rings. The predicted octanol–water partition coefficient (Wildman–Crippen LogP) is 10.9. The van der Waals surface area contributed by atoms with Crippen LogP contribution in [0.2, 0.25) is 30.1 Å². The van der Waals surface area contributed by atoms with Gasteiger partial charge in [0.1, 0.15) is 0 Å². The first-order valence-corrected chi connectivity index (χ1v) is 27.0. The Kier molecular flexibility index (Phi) is 19.4. The van der Waals surface area contributed by atoms with Crippen molar-refractivity contribution in [3.8, 4) is 0 Å². The van der Waals surface area contributed by atoms with E-state index in [1.54, 1.807) is 59.9 Å². The first-order chi connectivity index (χ1) is 30.1. The maximum absolute atomic E-state index is 13.6. The molecule has 0 bridgehead atoms. The number of benzene rings is 4. The van der Waals surface area contributed by atoms with Crippen LogP contribution < -0.4 is 8.61 Å². The molecule has 0 saturated carbocycles. The number of hydrogen-bond acceptors (Lipinski definition) is 10. The van der Waals surface area contributed by atoms with E-state index in [4.69, 9.17) is 79.8 Å². The average molecular weight is 1080 g/mol. The molecule has 22 heteroatoms. The van der Waals surface area contributed by atoms with Crippen LogP contribution >= 0.6 is 93.1 Å². The SMILES string of the molecule is C[C@H](CCN1CSC(CC(=O)O)C1)N(c1cc(Cl)ccc1Cl)S(=O)(=O)c1ccc(Cl)cc1.C[C@H](CCN1CSC(CC(=O)O)C1)N(c1cc(Cl)ccc1Cl)S(=O)(=O)c1ccc(Cl)cc1. The molecule has 2 unspecified atom stereocenters. The molecule has 4 aromatic rings. The van der Waals surface area contributed by atoms with Crippen molar-refractivity contribution in [2.24, 2.45) is 0 Å². The lowest BCUT2D eigenvalue weighted by Crippen LogP contribution is -2.41. The molecule has 4 aromatic carbocycles. The molecule has 2 heterocycles. The molecule has 0 radical (unpaired) electrons. The fraction of sp³-hybridized carbons (Fsp3) is 0.381. The highest BCUT2D eigenvalue weighted by atomic mass is 35.5. The van der Waals surface area contributed by atoms with Crippen LogP contribution in [0.15, 0.2) is 94.7 Å². The smallest absolute Gasteiger partial charge is 0.304 e. The van der Waals surface area contributed by atoms with Gasteiger partial charge in [-0.15, -0.1) is 23.5 Å². The molecule has 12 nitrogen and oxygen atoms in total. The summed E-state index contributed by atoms with van der Waals surface area (Å²) in [7, 11) is -7.90. The maximum Gasteiger partial charge on any atom is 0.304 e. The van der Waals surface area contributed by atoms with Crippen LogP contribution in [0.4, 0.5) is 11.4 Å². The van der Waals surface area contributed by atoms with Crippen molar-refractivity contribution in [3.05, 3.63) is 115 Å². The number of anilines is 2. The number of sulfonamides is 2.